The van der Waals surface area contributed by atoms with Gasteiger partial charge in [0.25, 0.3) is 0 Å². The molecular formula is C16H13F3N4O. The fourth-order valence-corrected chi connectivity index (χ4v) is 2.19. The van der Waals surface area contributed by atoms with E-state index in [-0.39, 0.29) is 11.3 Å². The predicted octanol–water partition coefficient (Wildman–Crippen LogP) is 3.66. The smallest absolute Gasteiger partial charge is 0.451 e. The Balaban J connectivity index is 2.03. The van der Waals surface area contributed by atoms with E-state index in [4.69, 9.17) is 4.74 Å². The summed E-state index contributed by atoms with van der Waals surface area (Å²) in [5.74, 6) is -0.664. The Morgan fingerprint density at radius 1 is 1.17 bits per heavy atom. The summed E-state index contributed by atoms with van der Waals surface area (Å²) in [6.07, 6.45) is -1.39. The number of halogens is 3. The average molecular weight is 334 g/mol. The van der Waals surface area contributed by atoms with Crippen LogP contribution in [0.15, 0.2) is 42.7 Å². The van der Waals surface area contributed by atoms with Crippen LogP contribution in [0.4, 0.5) is 19.0 Å². The summed E-state index contributed by atoms with van der Waals surface area (Å²) in [6.45, 7) is 0.295. The molecule has 0 bridgehead atoms. The fourth-order valence-electron chi connectivity index (χ4n) is 2.19. The molecule has 124 valence electrons. The summed E-state index contributed by atoms with van der Waals surface area (Å²) < 4.78 is 44.2. The molecule has 3 aromatic rings. The molecular weight excluding hydrogens is 321 g/mol. The van der Waals surface area contributed by atoms with Crippen molar-refractivity contribution in [2.75, 3.05) is 12.4 Å². The fraction of sp³-hybridized carbons (Fsp3) is 0.188. The van der Waals surface area contributed by atoms with Gasteiger partial charge in [-0.05, 0) is 23.8 Å². The number of fused-ring (bicyclic) bond motifs is 1. The van der Waals surface area contributed by atoms with E-state index in [1.54, 1.807) is 30.6 Å². The number of benzene rings is 1. The molecule has 0 atom stereocenters. The first-order chi connectivity index (χ1) is 11.5. The standard InChI is InChI=1S/C16H13F3N4O/c1-24-11-4-5-12-13(7-11)22-15(16(17,18)19)23-14(12)21-9-10-3-2-6-20-8-10/h2-8H,9H2,1H3,(H,21,22,23). The maximum atomic E-state index is 13.0. The number of aromatic nitrogens is 3. The Bertz CT molecular complexity index is 853. The van der Waals surface area contributed by atoms with Crippen LogP contribution in [0.25, 0.3) is 10.9 Å². The van der Waals surface area contributed by atoms with Crippen LogP contribution in [-0.4, -0.2) is 22.1 Å². The highest BCUT2D eigenvalue weighted by Gasteiger charge is 2.35. The van der Waals surface area contributed by atoms with E-state index in [0.717, 1.165) is 5.56 Å². The molecule has 0 aliphatic rings. The van der Waals surface area contributed by atoms with Crippen molar-refractivity contribution in [3.8, 4) is 5.75 Å². The van der Waals surface area contributed by atoms with Gasteiger partial charge in [0.05, 0.1) is 12.6 Å². The van der Waals surface area contributed by atoms with Crippen LogP contribution in [0.3, 0.4) is 0 Å². The molecule has 3 rings (SSSR count). The molecule has 5 nitrogen and oxygen atoms in total. The van der Waals surface area contributed by atoms with Gasteiger partial charge in [0.1, 0.15) is 11.6 Å². The van der Waals surface area contributed by atoms with Crippen molar-refractivity contribution >= 4 is 16.7 Å². The molecule has 0 saturated carbocycles. The lowest BCUT2D eigenvalue weighted by Gasteiger charge is -2.13. The van der Waals surface area contributed by atoms with Crippen molar-refractivity contribution in [3.05, 3.63) is 54.1 Å². The predicted molar refractivity (Wildman–Crippen MR) is 82.7 cm³/mol. The average Bonchev–Trinajstić information content (AvgIpc) is 2.59. The van der Waals surface area contributed by atoms with E-state index < -0.39 is 12.0 Å². The summed E-state index contributed by atoms with van der Waals surface area (Å²) in [7, 11) is 1.44. The lowest BCUT2D eigenvalue weighted by atomic mass is 10.2. The molecule has 2 aromatic heterocycles. The molecule has 1 N–H and O–H groups in total. The number of alkyl halides is 3. The third-order valence-corrected chi connectivity index (χ3v) is 3.34. The van der Waals surface area contributed by atoms with Crippen molar-refractivity contribution in [3.63, 3.8) is 0 Å². The molecule has 0 aliphatic carbocycles. The number of hydrogen-bond donors (Lipinski definition) is 1. The second-order valence-electron chi connectivity index (χ2n) is 4.99. The van der Waals surface area contributed by atoms with Crippen molar-refractivity contribution in [2.24, 2.45) is 0 Å². The Labute approximate surface area is 135 Å². The second kappa shape index (κ2) is 6.31. The Morgan fingerprint density at radius 2 is 2.00 bits per heavy atom. The van der Waals surface area contributed by atoms with E-state index in [2.05, 4.69) is 20.3 Å². The number of anilines is 1. The van der Waals surface area contributed by atoms with E-state index >= 15 is 0 Å². The van der Waals surface area contributed by atoms with Crippen LogP contribution in [0.5, 0.6) is 5.75 Å². The van der Waals surface area contributed by atoms with E-state index in [1.165, 1.54) is 13.2 Å². The van der Waals surface area contributed by atoms with Gasteiger partial charge in [-0.3, -0.25) is 4.98 Å². The number of ether oxygens (including phenoxy) is 1. The van der Waals surface area contributed by atoms with Crippen LogP contribution in [-0.2, 0) is 12.7 Å². The SMILES string of the molecule is COc1ccc2c(NCc3cccnc3)nc(C(F)(F)F)nc2c1. The molecule has 0 unspecified atom stereocenters. The number of pyridine rings is 1. The molecule has 2 heterocycles. The van der Waals surface area contributed by atoms with E-state index in [9.17, 15) is 13.2 Å². The first-order valence-electron chi connectivity index (χ1n) is 7.03. The van der Waals surface area contributed by atoms with Crippen molar-refractivity contribution in [2.45, 2.75) is 12.7 Å². The monoisotopic (exact) mass is 334 g/mol. The van der Waals surface area contributed by atoms with Gasteiger partial charge in [-0.25, -0.2) is 9.97 Å². The molecule has 0 spiro atoms. The van der Waals surface area contributed by atoms with Gasteiger partial charge in [0.2, 0.25) is 5.82 Å². The minimum atomic E-state index is -4.64. The molecule has 0 radical (unpaired) electrons. The van der Waals surface area contributed by atoms with Gasteiger partial charge >= 0.3 is 6.18 Å². The maximum Gasteiger partial charge on any atom is 0.451 e. The lowest BCUT2D eigenvalue weighted by Crippen LogP contribution is -2.13. The normalized spacial score (nSPS) is 11.5. The van der Waals surface area contributed by atoms with Crippen LogP contribution in [0.2, 0.25) is 0 Å². The third kappa shape index (κ3) is 3.37. The molecule has 0 amide bonds. The van der Waals surface area contributed by atoms with Crippen LogP contribution in [0, 0.1) is 0 Å². The topological polar surface area (TPSA) is 59.9 Å². The van der Waals surface area contributed by atoms with Gasteiger partial charge in [-0.1, -0.05) is 6.07 Å². The van der Waals surface area contributed by atoms with Crippen LogP contribution in [0.1, 0.15) is 11.4 Å². The molecule has 0 fully saturated rings. The van der Waals surface area contributed by atoms with Gasteiger partial charge in [-0.2, -0.15) is 13.2 Å². The number of nitrogens with one attached hydrogen (secondary N) is 1. The lowest BCUT2D eigenvalue weighted by molar-refractivity contribution is -0.144. The first kappa shape index (κ1) is 16.0. The number of methoxy groups -OCH3 is 1. The number of hydrogen-bond acceptors (Lipinski definition) is 5. The van der Waals surface area contributed by atoms with Crippen LogP contribution >= 0.6 is 0 Å². The highest BCUT2D eigenvalue weighted by Crippen LogP contribution is 2.31. The van der Waals surface area contributed by atoms with Crippen LogP contribution < -0.4 is 10.1 Å². The van der Waals surface area contributed by atoms with Crippen molar-refractivity contribution < 1.29 is 17.9 Å². The van der Waals surface area contributed by atoms with Gasteiger partial charge < -0.3 is 10.1 Å². The number of rotatable bonds is 4. The van der Waals surface area contributed by atoms with E-state index in [0.29, 0.717) is 17.7 Å². The van der Waals surface area contributed by atoms with Gasteiger partial charge in [0, 0.05) is 30.4 Å². The highest BCUT2D eigenvalue weighted by atomic mass is 19.4. The second-order valence-corrected chi connectivity index (χ2v) is 4.99. The van der Waals surface area contributed by atoms with Gasteiger partial charge in [-0.15, -0.1) is 0 Å². The minimum absolute atomic E-state index is 0.110. The Hall–Kier alpha value is -2.90. The number of nitrogens with zero attached hydrogens (tertiary/aromatic N) is 3. The molecule has 24 heavy (non-hydrogen) atoms. The Kier molecular flexibility index (Phi) is 4.20. The van der Waals surface area contributed by atoms with Crippen molar-refractivity contribution in [1.82, 2.24) is 15.0 Å². The minimum Gasteiger partial charge on any atom is -0.497 e. The quantitative estimate of drug-likeness (QED) is 0.789. The zero-order chi connectivity index (χ0) is 17.2. The molecule has 0 aliphatic heterocycles. The zero-order valence-corrected chi connectivity index (χ0v) is 12.6. The summed E-state index contributed by atoms with van der Waals surface area (Å²) >= 11 is 0. The first-order valence-corrected chi connectivity index (χ1v) is 7.03. The maximum absolute atomic E-state index is 13.0. The van der Waals surface area contributed by atoms with Gasteiger partial charge in [0.15, 0.2) is 0 Å². The molecule has 8 heteroatoms. The third-order valence-electron chi connectivity index (χ3n) is 3.34. The highest BCUT2D eigenvalue weighted by molar-refractivity contribution is 5.90. The summed E-state index contributed by atoms with van der Waals surface area (Å²) in [5.41, 5.74) is 0.983. The van der Waals surface area contributed by atoms with Crippen molar-refractivity contribution in [1.29, 1.82) is 0 Å². The largest absolute Gasteiger partial charge is 0.497 e. The molecule has 0 saturated heterocycles. The summed E-state index contributed by atoms with van der Waals surface area (Å²) in [6, 6.07) is 8.29. The summed E-state index contributed by atoms with van der Waals surface area (Å²) in [5, 5.41) is 3.40. The van der Waals surface area contributed by atoms with E-state index in [1.807, 2.05) is 6.07 Å². The zero-order valence-electron chi connectivity index (χ0n) is 12.6. The summed E-state index contributed by atoms with van der Waals surface area (Å²) in [4.78, 5) is 11.2. The Morgan fingerprint density at radius 3 is 2.67 bits per heavy atom. The molecule has 1 aromatic carbocycles.